The Labute approximate surface area is 125 Å². The first-order chi connectivity index (χ1) is 9.93. The van der Waals surface area contributed by atoms with Crippen LogP contribution in [-0.2, 0) is 4.79 Å². The van der Waals surface area contributed by atoms with Gasteiger partial charge in [0.05, 0.1) is 5.56 Å². The number of hydrogen-bond donors (Lipinski definition) is 2. The van der Waals surface area contributed by atoms with Crippen molar-refractivity contribution in [1.29, 1.82) is 0 Å². The lowest BCUT2D eigenvalue weighted by Crippen LogP contribution is -2.35. The van der Waals surface area contributed by atoms with Gasteiger partial charge >= 0.3 is 5.97 Å². The van der Waals surface area contributed by atoms with Crippen molar-refractivity contribution in [1.82, 2.24) is 0 Å². The maximum atomic E-state index is 12.7. The Morgan fingerprint density at radius 3 is 2.24 bits per heavy atom. The Morgan fingerprint density at radius 1 is 1.19 bits per heavy atom. The minimum Gasteiger partial charge on any atom is -0.478 e. The van der Waals surface area contributed by atoms with Crippen molar-refractivity contribution in [2.45, 2.75) is 46.0 Å². The van der Waals surface area contributed by atoms with Gasteiger partial charge in [0, 0.05) is 11.1 Å². The van der Waals surface area contributed by atoms with Gasteiger partial charge in [-0.2, -0.15) is 0 Å². The summed E-state index contributed by atoms with van der Waals surface area (Å²) in [5.41, 5.74) is 0.644. The summed E-state index contributed by atoms with van der Waals surface area (Å²) in [5.74, 6) is -0.389. The van der Waals surface area contributed by atoms with E-state index in [1.165, 1.54) is 12.1 Å². The van der Waals surface area contributed by atoms with E-state index in [2.05, 4.69) is 19.2 Å². The number of carbonyl (C=O) groups excluding carboxylic acids is 1. The third kappa shape index (κ3) is 3.63. The number of rotatable bonds is 5. The number of benzene rings is 1. The molecule has 0 bridgehead atoms. The molecule has 0 aliphatic heterocycles. The van der Waals surface area contributed by atoms with Crippen LogP contribution in [0, 0.1) is 11.3 Å². The second kappa shape index (κ2) is 6.29. The van der Waals surface area contributed by atoms with Crippen LogP contribution in [0.25, 0.3) is 0 Å². The molecule has 4 nitrogen and oxygen atoms in total. The fraction of sp³-hybridized carbons (Fsp3) is 0.529. The van der Waals surface area contributed by atoms with Gasteiger partial charge in [-0.25, -0.2) is 4.79 Å². The summed E-state index contributed by atoms with van der Waals surface area (Å²) >= 11 is 0. The number of carboxylic acid groups (broad SMARTS) is 1. The second-order valence-corrected chi connectivity index (χ2v) is 6.42. The van der Waals surface area contributed by atoms with Crippen molar-refractivity contribution in [3.63, 3.8) is 0 Å². The Balaban J connectivity index is 2.10. The molecule has 1 aliphatic rings. The number of hydrogen-bond acceptors (Lipinski definition) is 2. The molecule has 114 valence electrons. The lowest BCUT2D eigenvalue weighted by atomic mass is 9.77. The first kappa shape index (κ1) is 15.5. The third-order valence-electron chi connectivity index (χ3n) is 4.23. The molecule has 0 spiro atoms. The lowest BCUT2D eigenvalue weighted by Gasteiger charge is -2.29. The Bertz CT molecular complexity index is 513. The molecule has 1 aromatic carbocycles. The molecule has 2 N–H and O–H groups in total. The van der Waals surface area contributed by atoms with E-state index in [9.17, 15) is 9.59 Å². The van der Waals surface area contributed by atoms with Crippen LogP contribution in [0.3, 0.4) is 0 Å². The molecule has 4 heteroatoms. The molecule has 1 amide bonds. The highest BCUT2D eigenvalue weighted by molar-refractivity contribution is 5.96. The van der Waals surface area contributed by atoms with Gasteiger partial charge in [0.25, 0.3) is 0 Å². The summed E-state index contributed by atoms with van der Waals surface area (Å²) in [5, 5.41) is 11.8. The predicted octanol–water partition coefficient (Wildman–Crippen LogP) is 3.93. The van der Waals surface area contributed by atoms with Crippen LogP contribution in [0.15, 0.2) is 24.3 Å². The molecular formula is C17H23NO3. The van der Waals surface area contributed by atoms with E-state index >= 15 is 0 Å². The van der Waals surface area contributed by atoms with E-state index in [4.69, 9.17) is 5.11 Å². The number of carbonyl (C=O) groups is 2. The minimum atomic E-state index is -0.958. The first-order valence-electron chi connectivity index (χ1n) is 7.58. The van der Waals surface area contributed by atoms with Crippen LogP contribution in [-0.4, -0.2) is 17.0 Å². The van der Waals surface area contributed by atoms with Crippen LogP contribution in [0.4, 0.5) is 5.69 Å². The van der Waals surface area contributed by atoms with E-state index < -0.39 is 5.97 Å². The molecule has 0 saturated heterocycles. The zero-order valence-electron chi connectivity index (χ0n) is 12.7. The molecule has 1 aromatic rings. The van der Waals surface area contributed by atoms with E-state index in [1.807, 2.05) is 0 Å². The van der Waals surface area contributed by atoms with Crippen molar-refractivity contribution >= 4 is 17.6 Å². The molecule has 1 fully saturated rings. The molecule has 21 heavy (non-hydrogen) atoms. The van der Waals surface area contributed by atoms with Crippen LogP contribution in [0.1, 0.15) is 56.3 Å². The Morgan fingerprint density at radius 2 is 1.76 bits per heavy atom. The molecule has 2 rings (SSSR count). The molecular weight excluding hydrogens is 266 g/mol. The maximum Gasteiger partial charge on any atom is 0.335 e. The summed E-state index contributed by atoms with van der Waals surface area (Å²) < 4.78 is 0. The number of aromatic carboxylic acids is 1. The zero-order valence-corrected chi connectivity index (χ0v) is 12.7. The van der Waals surface area contributed by atoms with E-state index in [1.54, 1.807) is 12.1 Å². The molecule has 0 atom stereocenters. The normalized spacial score (nSPS) is 16.9. The number of nitrogens with one attached hydrogen (secondary N) is 1. The van der Waals surface area contributed by atoms with Gasteiger partial charge in [0.1, 0.15) is 0 Å². The predicted molar refractivity (Wildman–Crippen MR) is 82.4 cm³/mol. The topological polar surface area (TPSA) is 66.4 Å². The summed E-state index contributed by atoms with van der Waals surface area (Å²) in [4.78, 5) is 23.5. The highest BCUT2D eigenvalue weighted by Crippen LogP contribution is 2.44. The van der Waals surface area contributed by atoms with Crippen molar-refractivity contribution in [3.05, 3.63) is 29.8 Å². The maximum absolute atomic E-state index is 12.7. The Kier molecular flexibility index (Phi) is 4.66. The van der Waals surface area contributed by atoms with Gasteiger partial charge < -0.3 is 10.4 Å². The van der Waals surface area contributed by atoms with Crippen LogP contribution < -0.4 is 5.32 Å². The average molecular weight is 289 g/mol. The summed E-state index contributed by atoms with van der Waals surface area (Å²) in [6.07, 6.45) is 5.02. The van der Waals surface area contributed by atoms with Crippen LogP contribution >= 0.6 is 0 Å². The largest absolute Gasteiger partial charge is 0.478 e. The van der Waals surface area contributed by atoms with Gasteiger partial charge in [-0.15, -0.1) is 0 Å². The summed E-state index contributed by atoms with van der Waals surface area (Å²) in [7, 11) is 0. The van der Waals surface area contributed by atoms with Gasteiger partial charge in [0.2, 0.25) is 5.91 Å². The zero-order chi connectivity index (χ0) is 15.5. The third-order valence-corrected chi connectivity index (χ3v) is 4.23. The molecule has 1 saturated carbocycles. The fourth-order valence-corrected chi connectivity index (χ4v) is 3.32. The molecule has 0 heterocycles. The first-order valence-corrected chi connectivity index (χ1v) is 7.58. The van der Waals surface area contributed by atoms with Crippen LogP contribution in [0.2, 0.25) is 0 Å². The quantitative estimate of drug-likeness (QED) is 0.863. The summed E-state index contributed by atoms with van der Waals surface area (Å²) in [6, 6.07) is 6.34. The Hall–Kier alpha value is -1.84. The molecule has 0 radical (unpaired) electrons. The number of carboxylic acids is 1. The van der Waals surface area contributed by atoms with Crippen molar-refractivity contribution in [3.8, 4) is 0 Å². The molecule has 0 unspecified atom stereocenters. The van der Waals surface area contributed by atoms with Crippen molar-refractivity contribution < 1.29 is 14.7 Å². The van der Waals surface area contributed by atoms with Crippen molar-refractivity contribution in [2.75, 3.05) is 5.32 Å². The highest BCUT2D eigenvalue weighted by atomic mass is 16.4. The average Bonchev–Trinajstić information content (AvgIpc) is 2.88. The molecule has 1 aliphatic carbocycles. The van der Waals surface area contributed by atoms with Gasteiger partial charge in [-0.3, -0.25) is 4.79 Å². The minimum absolute atomic E-state index is 0.0803. The number of anilines is 1. The van der Waals surface area contributed by atoms with E-state index in [0.29, 0.717) is 11.6 Å². The van der Waals surface area contributed by atoms with Crippen LogP contribution in [0.5, 0.6) is 0 Å². The monoisotopic (exact) mass is 289 g/mol. The fourth-order valence-electron chi connectivity index (χ4n) is 3.32. The van der Waals surface area contributed by atoms with Crippen molar-refractivity contribution in [2.24, 2.45) is 11.3 Å². The molecule has 0 aromatic heterocycles. The standard InChI is InChI=1S/C17H23NO3/c1-12(2)11-17(9-3-4-10-17)16(21)18-14-7-5-13(6-8-14)15(19)20/h5-8,12H,3-4,9-11H2,1-2H3,(H,18,21)(H,19,20). The highest BCUT2D eigenvalue weighted by Gasteiger charge is 2.41. The van der Waals surface area contributed by atoms with Gasteiger partial charge in [-0.1, -0.05) is 26.7 Å². The SMILES string of the molecule is CC(C)CC1(C(=O)Nc2ccc(C(=O)O)cc2)CCCC1. The van der Waals surface area contributed by atoms with Gasteiger partial charge in [0.15, 0.2) is 0 Å². The van der Waals surface area contributed by atoms with E-state index in [0.717, 1.165) is 32.1 Å². The lowest BCUT2D eigenvalue weighted by molar-refractivity contribution is -0.126. The number of amides is 1. The summed E-state index contributed by atoms with van der Waals surface area (Å²) in [6.45, 7) is 4.30. The second-order valence-electron chi connectivity index (χ2n) is 6.42. The van der Waals surface area contributed by atoms with Gasteiger partial charge in [-0.05, 0) is 49.4 Å². The smallest absolute Gasteiger partial charge is 0.335 e. The van der Waals surface area contributed by atoms with E-state index in [-0.39, 0.29) is 16.9 Å².